The Morgan fingerprint density at radius 1 is 1.19 bits per heavy atom. The molecule has 0 amide bonds. The first kappa shape index (κ1) is 22.8. The van der Waals surface area contributed by atoms with Crippen LogP contribution in [-0.2, 0) is 29.3 Å². The second-order valence-electron chi connectivity index (χ2n) is 4.87. The Morgan fingerprint density at radius 2 is 1.77 bits per heavy atom. The first-order chi connectivity index (χ1) is 12.1. The Labute approximate surface area is 154 Å². The average molecular weight is 418 g/mol. The molecule has 1 aromatic rings. The number of hydrogen-bond acceptors (Lipinski definition) is 6. The van der Waals surface area contributed by atoms with Gasteiger partial charge in [-0.3, -0.25) is 4.57 Å². The van der Waals surface area contributed by atoms with Gasteiger partial charge in [-0.25, -0.2) is 4.79 Å². The number of rotatable bonds is 9. The molecule has 0 heterocycles. The lowest BCUT2D eigenvalue weighted by Crippen LogP contribution is -2.33. The van der Waals surface area contributed by atoms with Gasteiger partial charge in [0, 0.05) is 0 Å². The molecule has 1 atom stereocenters. The third-order valence-corrected chi connectivity index (χ3v) is 5.55. The van der Waals surface area contributed by atoms with Crippen molar-refractivity contribution in [1.29, 1.82) is 0 Å². The minimum Gasteiger partial charge on any atom is -0.464 e. The largest absolute Gasteiger partial charge is 0.464 e. The minimum atomic E-state index is -4.57. The van der Waals surface area contributed by atoms with E-state index in [9.17, 15) is 22.5 Å². The molecular formula is C15H20ClF3NO5P. The Kier molecular flexibility index (Phi) is 8.40. The summed E-state index contributed by atoms with van der Waals surface area (Å²) in [5, 5.41) is 2.22. The SMILES string of the molecule is CCOC(=O)C(Nc1ccc(C(F)(F)F)cc1Cl)P(=O)(OCC)OCC. The second-order valence-corrected chi connectivity index (χ2v) is 7.39. The van der Waals surface area contributed by atoms with Gasteiger partial charge in [0.15, 0.2) is 0 Å². The van der Waals surface area contributed by atoms with Crippen molar-refractivity contribution in [3.63, 3.8) is 0 Å². The van der Waals surface area contributed by atoms with E-state index in [4.69, 9.17) is 25.4 Å². The van der Waals surface area contributed by atoms with Crippen molar-refractivity contribution < 1.29 is 36.3 Å². The van der Waals surface area contributed by atoms with Crippen LogP contribution in [0.15, 0.2) is 18.2 Å². The van der Waals surface area contributed by atoms with E-state index in [0.29, 0.717) is 6.07 Å². The molecule has 148 valence electrons. The summed E-state index contributed by atoms with van der Waals surface area (Å²) in [5.41, 5.74) is -1.00. The molecule has 0 saturated carbocycles. The molecule has 1 aromatic carbocycles. The zero-order valence-electron chi connectivity index (χ0n) is 14.4. The monoisotopic (exact) mass is 417 g/mol. The van der Waals surface area contributed by atoms with Crippen molar-refractivity contribution >= 4 is 30.9 Å². The molecule has 1 rings (SSSR count). The number of esters is 1. The summed E-state index contributed by atoms with van der Waals surface area (Å²) in [6.07, 6.45) is -4.57. The zero-order chi connectivity index (χ0) is 20.0. The van der Waals surface area contributed by atoms with E-state index >= 15 is 0 Å². The highest BCUT2D eigenvalue weighted by atomic mass is 35.5. The summed E-state index contributed by atoms with van der Waals surface area (Å²) in [5.74, 6) is -2.52. The van der Waals surface area contributed by atoms with Gasteiger partial charge >= 0.3 is 19.7 Å². The van der Waals surface area contributed by atoms with E-state index in [0.717, 1.165) is 12.1 Å². The first-order valence-electron chi connectivity index (χ1n) is 7.77. The Hall–Kier alpha value is -1.28. The van der Waals surface area contributed by atoms with E-state index in [1.807, 2.05) is 0 Å². The van der Waals surface area contributed by atoms with Crippen LogP contribution in [-0.4, -0.2) is 31.6 Å². The number of ether oxygens (including phenoxy) is 1. The molecule has 0 spiro atoms. The third-order valence-electron chi connectivity index (χ3n) is 3.03. The highest BCUT2D eigenvalue weighted by Crippen LogP contribution is 2.53. The standard InChI is InChI=1S/C15H20ClF3NO5P/c1-4-23-14(21)13(26(22,24-5-2)25-6-3)20-12-8-7-10(9-11(12)16)15(17,18)19/h7-9,13,20H,4-6H2,1-3H3. The maximum Gasteiger partial charge on any atom is 0.416 e. The van der Waals surface area contributed by atoms with Gasteiger partial charge in [0.2, 0.25) is 5.78 Å². The summed E-state index contributed by atoms with van der Waals surface area (Å²) < 4.78 is 66.3. The van der Waals surface area contributed by atoms with Crippen LogP contribution >= 0.6 is 19.2 Å². The summed E-state index contributed by atoms with van der Waals surface area (Å²) in [4.78, 5) is 12.2. The quantitative estimate of drug-likeness (QED) is 0.454. The smallest absolute Gasteiger partial charge is 0.416 e. The van der Waals surface area contributed by atoms with Crippen LogP contribution < -0.4 is 5.32 Å². The number of hydrogen-bond donors (Lipinski definition) is 1. The minimum absolute atomic E-state index is 0.00396. The van der Waals surface area contributed by atoms with Gasteiger partial charge in [0.1, 0.15) is 0 Å². The molecule has 11 heteroatoms. The number of carbonyl (C=O) groups excluding carboxylic acids is 1. The molecule has 26 heavy (non-hydrogen) atoms. The molecule has 0 aliphatic rings. The maximum absolute atomic E-state index is 12.9. The third kappa shape index (κ3) is 5.87. The van der Waals surface area contributed by atoms with E-state index in [2.05, 4.69) is 5.32 Å². The van der Waals surface area contributed by atoms with Crippen molar-refractivity contribution in [3.8, 4) is 0 Å². The van der Waals surface area contributed by atoms with Gasteiger partial charge in [-0.05, 0) is 39.0 Å². The summed E-state index contributed by atoms with van der Waals surface area (Å²) >= 11 is 5.88. The van der Waals surface area contributed by atoms with Crippen LogP contribution in [0.1, 0.15) is 26.3 Å². The Bertz CT molecular complexity index is 661. The number of alkyl halides is 3. The van der Waals surface area contributed by atoms with Crippen molar-refractivity contribution in [2.24, 2.45) is 0 Å². The highest BCUT2D eigenvalue weighted by molar-refractivity contribution is 7.55. The fraction of sp³-hybridized carbons (Fsp3) is 0.533. The van der Waals surface area contributed by atoms with E-state index in [1.165, 1.54) is 0 Å². The van der Waals surface area contributed by atoms with Crippen LogP contribution in [0.25, 0.3) is 0 Å². The molecule has 0 radical (unpaired) electrons. The van der Waals surface area contributed by atoms with Crippen LogP contribution in [0.3, 0.4) is 0 Å². The molecule has 0 fully saturated rings. The number of nitrogens with one attached hydrogen (secondary N) is 1. The number of anilines is 1. The fourth-order valence-electron chi connectivity index (χ4n) is 1.99. The van der Waals surface area contributed by atoms with Crippen molar-refractivity contribution in [1.82, 2.24) is 0 Å². The average Bonchev–Trinajstić information content (AvgIpc) is 2.53. The molecule has 0 aromatic heterocycles. The fourth-order valence-corrected chi connectivity index (χ4v) is 3.95. The van der Waals surface area contributed by atoms with Gasteiger partial charge < -0.3 is 19.1 Å². The molecule has 0 aliphatic carbocycles. The lowest BCUT2D eigenvalue weighted by atomic mass is 10.2. The normalized spacial score (nSPS) is 13.3. The van der Waals surface area contributed by atoms with Gasteiger partial charge in [0.25, 0.3) is 0 Å². The first-order valence-corrected chi connectivity index (χ1v) is 9.76. The van der Waals surface area contributed by atoms with Crippen molar-refractivity contribution in [2.75, 3.05) is 25.1 Å². The van der Waals surface area contributed by atoms with Crippen LogP contribution in [0.2, 0.25) is 5.02 Å². The Morgan fingerprint density at radius 3 is 2.19 bits per heavy atom. The highest BCUT2D eigenvalue weighted by Gasteiger charge is 2.43. The molecular weight excluding hydrogens is 398 g/mol. The molecule has 1 unspecified atom stereocenters. The lowest BCUT2D eigenvalue weighted by Gasteiger charge is -2.26. The number of benzene rings is 1. The van der Waals surface area contributed by atoms with Gasteiger partial charge in [-0.2, -0.15) is 13.2 Å². The topological polar surface area (TPSA) is 73.9 Å². The van der Waals surface area contributed by atoms with E-state index in [-0.39, 0.29) is 30.5 Å². The van der Waals surface area contributed by atoms with Crippen molar-refractivity contribution in [2.45, 2.75) is 32.7 Å². The summed E-state index contributed by atoms with van der Waals surface area (Å²) in [7, 11) is -4.01. The predicted octanol–water partition coefficient (Wildman–Crippen LogP) is 4.93. The maximum atomic E-state index is 12.9. The zero-order valence-corrected chi connectivity index (χ0v) is 16.1. The summed E-state index contributed by atoms with van der Waals surface area (Å²) in [6.45, 7) is 4.62. The van der Waals surface area contributed by atoms with E-state index in [1.54, 1.807) is 20.8 Å². The van der Waals surface area contributed by atoms with Crippen LogP contribution in [0.4, 0.5) is 18.9 Å². The summed E-state index contributed by atoms with van der Waals surface area (Å²) in [6, 6.07) is 2.50. The molecule has 0 saturated heterocycles. The number of carbonyl (C=O) groups is 1. The lowest BCUT2D eigenvalue weighted by molar-refractivity contribution is -0.142. The van der Waals surface area contributed by atoms with Crippen LogP contribution in [0.5, 0.6) is 0 Å². The second kappa shape index (κ2) is 9.60. The van der Waals surface area contributed by atoms with Gasteiger partial charge in [-0.1, -0.05) is 11.6 Å². The predicted molar refractivity (Wildman–Crippen MR) is 91.4 cm³/mol. The molecule has 0 bridgehead atoms. The van der Waals surface area contributed by atoms with E-state index < -0.39 is 31.1 Å². The molecule has 6 nitrogen and oxygen atoms in total. The van der Waals surface area contributed by atoms with Gasteiger partial charge in [-0.15, -0.1) is 0 Å². The van der Waals surface area contributed by atoms with Gasteiger partial charge in [0.05, 0.1) is 36.1 Å². The van der Waals surface area contributed by atoms with Crippen LogP contribution in [0, 0.1) is 0 Å². The Balaban J connectivity index is 3.25. The number of halogens is 4. The van der Waals surface area contributed by atoms with Crippen molar-refractivity contribution in [3.05, 3.63) is 28.8 Å². The molecule has 0 aliphatic heterocycles. The molecule has 1 N–H and O–H groups in total.